The number of para-hydroxylation sites is 1. The van der Waals surface area contributed by atoms with Gasteiger partial charge in [0.25, 0.3) is 0 Å². The summed E-state index contributed by atoms with van der Waals surface area (Å²) < 4.78 is 26.1. The number of hydrogen-bond acceptors (Lipinski definition) is 6. The fourth-order valence-corrected chi connectivity index (χ4v) is 3.52. The van der Waals surface area contributed by atoms with Crippen LogP contribution in [0.2, 0.25) is 0 Å². The van der Waals surface area contributed by atoms with Gasteiger partial charge in [0, 0.05) is 30.4 Å². The van der Waals surface area contributed by atoms with Crippen molar-refractivity contribution < 1.29 is 13.8 Å². The molecule has 0 radical (unpaired) electrons. The Kier molecular flexibility index (Phi) is 5.81. The average molecular weight is 421 g/mol. The number of halogens is 1. The number of ether oxygens (including phenoxy) is 1. The van der Waals surface area contributed by atoms with Gasteiger partial charge in [0.2, 0.25) is 0 Å². The third-order valence-corrected chi connectivity index (χ3v) is 5.18. The lowest BCUT2D eigenvalue weighted by Crippen LogP contribution is -2.18. The van der Waals surface area contributed by atoms with Crippen LogP contribution in [0.4, 0.5) is 4.39 Å². The van der Waals surface area contributed by atoms with Crippen molar-refractivity contribution in [3.05, 3.63) is 77.0 Å². The van der Waals surface area contributed by atoms with Gasteiger partial charge in [-0.15, -0.1) is 0 Å². The Morgan fingerprint density at radius 2 is 1.90 bits per heavy atom. The van der Waals surface area contributed by atoms with Crippen LogP contribution in [0.25, 0.3) is 16.9 Å². The molecule has 2 aromatic heterocycles. The van der Waals surface area contributed by atoms with Gasteiger partial charge >= 0.3 is 0 Å². The van der Waals surface area contributed by atoms with Crippen LogP contribution in [0.5, 0.6) is 5.75 Å². The molecule has 4 rings (SSSR count). The summed E-state index contributed by atoms with van der Waals surface area (Å²) in [6, 6.07) is 12.9. The molecular formula is C23H24FN5O2. The molecule has 2 aromatic carbocycles. The number of aryl methyl sites for hydroxylation is 2. The van der Waals surface area contributed by atoms with Crippen LogP contribution < -0.4 is 4.74 Å². The number of aromatic nitrogens is 4. The molecule has 0 unspecified atom stereocenters. The number of hydrogen-bond donors (Lipinski definition) is 0. The van der Waals surface area contributed by atoms with Crippen LogP contribution in [0.3, 0.4) is 0 Å². The van der Waals surface area contributed by atoms with Crippen molar-refractivity contribution in [1.82, 2.24) is 25.0 Å². The topological polar surface area (TPSA) is 69.2 Å². The van der Waals surface area contributed by atoms with Crippen molar-refractivity contribution in [2.45, 2.75) is 26.9 Å². The summed E-state index contributed by atoms with van der Waals surface area (Å²) in [5.74, 6) is -0.219. The Bertz CT molecular complexity index is 1200. The van der Waals surface area contributed by atoms with Crippen LogP contribution in [-0.2, 0) is 13.1 Å². The van der Waals surface area contributed by atoms with Crippen molar-refractivity contribution in [2.24, 2.45) is 0 Å². The quantitative estimate of drug-likeness (QED) is 0.443. The van der Waals surface area contributed by atoms with Crippen molar-refractivity contribution >= 4 is 0 Å². The van der Waals surface area contributed by atoms with E-state index in [-0.39, 0.29) is 5.75 Å². The highest BCUT2D eigenvalue weighted by Gasteiger charge is 2.18. The number of benzene rings is 2. The second-order valence-electron chi connectivity index (χ2n) is 7.55. The maximum Gasteiger partial charge on any atom is 0.165 e. The monoisotopic (exact) mass is 421 g/mol. The molecule has 160 valence electrons. The first kappa shape index (κ1) is 20.7. The van der Waals surface area contributed by atoms with Crippen molar-refractivity contribution in [1.29, 1.82) is 0 Å². The molecule has 7 nitrogen and oxygen atoms in total. The molecule has 8 heteroatoms. The molecule has 0 aliphatic rings. The van der Waals surface area contributed by atoms with Crippen LogP contribution in [-0.4, -0.2) is 39.2 Å². The first-order valence-corrected chi connectivity index (χ1v) is 9.91. The summed E-state index contributed by atoms with van der Waals surface area (Å²) in [6.45, 7) is 5.06. The van der Waals surface area contributed by atoms with Crippen molar-refractivity contribution in [2.75, 3.05) is 14.2 Å². The van der Waals surface area contributed by atoms with E-state index in [1.54, 1.807) is 6.07 Å². The van der Waals surface area contributed by atoms with Crippen molar-refractivity contribution in [3.63, 3.8) is 0 Å². The summed E-state index contributed by atoms with van der Waals surface area (Å²) >= 11 is 0. The predicted octanol–water partition coefficient (Wildman–Crippen LogP) is 4.32. The molecule has 0 fully saturated rings. The van der Waals surface area contributed by atoms with E-state index in [0.29, 0.717) is 24.3 Å². The Hall–Kier alpha value is -3.52. The van der Waals surface area contributed by atoms with Gasteiger partial charge in [0.1, 0.15) is 11.4 Å². The highest BCUT2D eigenvalue weighted by Crippen LogP contribution is 2.29. The minimum atomic E-state index is -0.422. The van der Waals surface area contributed by atoms with Gasteiger partial charge < -0.3 is 4.74 Å². The molecule has 0 aliphatic carbocycles. The molecule has 0 amide bonds. The molecule has 4 aromatic rings. The molecule has 2 heterocycles. The Labute approximate surface area is 180 Å². The lowest BCUT2D eigenvalue weighted by molar-refractivity contribution is 0.279. The van der Waals surface area contributed by atoms with Gasteiger partial charge in [0.05, 0.1) is 18.5 Å². The summed E-state index contributed by atoms with van der Waals surface area (Å²) in [4.78, 5) is 2.09. The van der Waals surface area contributed by atoms with E-state index in [2.05, 4.69) is 15.2 Å². The van der Waals surface area contributed by atoms with E-state index >= 15 is 0 Å². The molecule has 0 bridgehead atoms. The third-order valence-electron chi connectivity index (χ3n) is 5.18. The van der Waals surface area contributed by atoms with Gasteiger partial charge in [-0.1, -0.05) is 28.5 Å². The zero-order chi connectivity index (χ0) is 22.0. The largest absolute Gasteiger partial charge is 0.494 e. The zero-order valence-electron chi connectivity index (χ0n) is 18.0. The Morgan fingerprint density at radius 1 is 1.10 bits per heavy atom. The molecule has 0 saturated carbocycles. The van der Waals surface area contributed by atoms with Crippen LogP contribution in [0.15, 0.2) is 53.3 Å². The SMILES string of the molecule is COc1ccc(-c2nn(-c3ccccc3C)cc2CN(C)Cc2nonc2C)cc1F. The first-order valence-electron chi connectivity index (χ1n) is 9.91. The van der Waals surface area contributed by atoms with Crippen LogP contribution in [0.1, 0.15) is 22.5 Å². The van der Waals surface area contributed by atoms with Gasteiger partial charge in [-0.3, -0.25) is 4.90 Å². The lowest BCUT2D eigenvalue weighted by Gasteiger charge is -2.15. The Balaban J connectivity index is 1.72. The average Bonchev–Trinajstić information content (AvgIpc) is 3.34. The molecule has 0 spiro atoms. The predicted molar refractivity (Wildman–Crippen MR) is 114 cm³/mol. The Morgan fingerprint density at radius 3 is 2.58 bits per heavy atom. The second-order valence-corrected chi connectivity index (χ2v) is 7.55. The zero-order valence-corrected chi connectivity index (χ0v) is 18.0. The summed E-state index contributed by atoms with van der Waals surface area (Å²) in [5.41, 5.74) is 5.99. The number of rotatable bonds is 7. The second kappa shape index (κ2) is 8.69. The molecule has 0 saturated heterocycles. The molecular weight excluding hydrogens is 397 g/mol. The summed E-state index contributed by atoms with van der Waals surface area (Å²) in [7, 11) is 3.43. The standard InChI is InChI=1S/C23H24FN5O2/c1-15-7-5-6-8-21(15)29-13-18(12-28(3)14-20-16(2)26-31-27-20)23(25-29)17-9-10-22(30-4)19(24)11-17/h5-11,13H,12,14H2,1-4H3. The minimum absolute atomic E-state index is 0.203. The van der Waals surface area contributed by atoms with E-state index in [1.807, 2.05) is 62.1 Å². The van der Waals surface area contributed by atoms with E-state index in [9.17, 15) is 4.39 Å². The van der Waals surface area contributed by atoms with Gasteiger partial charge in [-0.2, -0.15) is 5.10 Å². The van der Waals surface area contributed by atoms with E-state index in [0.717, 1.165) is 28.2 Å². The molecule has 31 heavy (non-hydrogen) atoms. The summed E-state index contributed by atoms with van der Waals surface area (Å²) in [6.07, 6.45) is 1.99. The fourth-order valence-electron chi connectivity index (χ4n) is 3.52. The summed E-state index contributed by atoms with van der Waals surface area (Å²) in [5, 5.41) is 12.6. The smallest absolute Gasteiger partial charge is 0.165 e. The maximum absolute atomic E-state index is 14.4. The van der Waals surface area contributed by atoms with Crippen LogP contribution >= 0.6 is 0 Å². The van der Waals surface area contributed by atoms with Gasteiger partial charge in [0.15, 0.2) is 11.6 Å². The lowest BCUT2D eigenvalue weighted by atomic mass is 10.1. The molecule has 0 aliphatic heterocycles. The maximum atomic E-state index is 14.4. The van der Waals surface area contributed by atoms with Crippen LogP contribution in [0, 0.1) is 19.7 Å². The molecule has 0 N–H and O–H groups in total. The van der Waals surface area contributed by atoms with E-state index in [4.69, 9.17) is 14.5 Å². The highest BCUT2D eigenvalue weighted by atomic mass is 19.1. The van der Waals surface area contributed by atoms with Gasteiger partial charge in [-0.25, -0.2) is 13.7 Å². The third kappa shape index (κ3) is 4.34. The number of methoxy groups -OCH3 is 1. The fraction of sp³-hybridized carbons (Fsp3) is 0.261. The normalized spacial score (nSPS) is 11.3. The van der Waals surface area contributed by atoms with E-state index < -0.39 is 5.82 Å². The van der Waals surface area contributed by atoms with Gasteiger partial charge in [-0.05, 0) is 50.7 Å². The number of nitrogens with zero attached hydrogens (tertiary/aromatic N) is 5. The molecule has 0 atom stereocenters. The van der Waals surface area contributed by atoms with E-state index in [1.165, 1.54) is 13.2 Å². The van der Waals surface area contributed by atoms with Crippen molar-refractivity contribution in [3.8, 4) is 22.7 Å². The minimum Gasteiger partial charge on any atom is -0.494 e. The first-order chi connectivity index (χ1) is 15.0. The highest BCUT2D eigenvalue weighted by molar-refractivity contribution is 5.64.